The van der Waals surface area contributed by atoms with Gasteiger partial charge in [-0.2, -0.15) is 0 Å². The summed E-state index contributed by atoms with van der Waals surface area (Å²) in [5.74, 6) is -1.38. The summed E-state index contributed by atoms with van der Waals surface area (Å²) in [6.45, 7) is 1.85. The lowest BCUT2D eigenvalue weighted by atomic mass is 9.91. The second-order valence-corrected chi connectivity index (χ2v) is 9.21. The van der Waals surface area contributed by atoms with Gasteiger partial charge in [0.05, 0.1) is 18.3 Å². The van der Waals surface area contributed by atoms with Gasteiger partial charge in [0, 0.05) is 33.0 Å². The Balaban J connectivity index is 1.52. The minimum Gasteiger partial charge on any atom is -0.383 e. The van der Waals surface area contributed by atoms with Crippen LogP contribution in [-0.2, 0) is 5.60 Å². The molecule has 0 spiro atoms. The number of urea groups is 1. The first kappa shape index (κ1) is 23.3. The van der Waals surface area contributed by atoms with E-state index < -0.39 is 29.3 Å². The predicted octanol–water partition coefficient (Wildman–Crippen LogP) is 5.49. The SMILES string of the molecule is CCC[C@@]1(O)CN(C(=O)Nc2cccc3c2[C@H](c2cc(F)ccc2Cl)NC3=O)c2ccc(F)cc21. The zero-order valence-electron chi connectivity index (χ0n) is 18.7. The number of β-amino-alcohol motifs (C(OH)–C–C–N with tert-alkyl or cyclic N) is 1. The number of rotatable bonds is 4. The number of hydrogen-bond acceptors (Lipinski definition) is 3. The second kappa shape index (κ2) is 8.62. The van der Waals surface area contributed by atoms with E-state index in [2.05, 4.69) is 10.6 Å². The van der Waals surface area contributed by atoms with Crippen molar-refractivity contribution in [1.82, 2.24) is 5.32 Å². The molecule has 2 heterocycles. The molecule has 0 saturated heterocycles. The van der Waals surface area contributed by atoms with Crippen LogP contribution in [0.3, 0.4) is 0 Å². The summed E-state index contributed by atoms with van der Waals surface area (Å²) in [5.41, 5.74) is 0.878. The monoisotopic (exact) mass is 497 g/mol. The fourth-order valence-corrected chi connectivity index (χ4v) is 5.20. The first-order chi connectivity index (χ1) is 16.7. The van der Waals surface area contributed by atoms with Crippen molar-refractivity contribution in [1.29, 1.82) is 0 Å². The van der Waals surface area contributed by atoms with Gasteiger partial charge in [-0.25, -0.2) is 13.6 Å². The average Bonchev–Trinajstić information content (AvgIpc) is 3.31. The maximum atomic E-state index is 14.0. The molecule has 0 aromatic heterocycles. The molecule has 3 aromatic carbocycles. The third-order valence-electron chi connectivity index (χ3n) is 6.50. The van der Waals surface area contributed by atoms with Crippen LogP contribution in [0.1, 0.15) is 52.9 Å². The summed E-state index contributed by atoms with van der Waals surface area (Å²) >= 11 is 6.31. The van der Waals surface area contributed by atoms with E-state index in [1.54, 1.807) is 18.2 Å². The molecule has 180 valence electrons. The van der Waals surface area contributed by atoms with Crippen LogP contribution in [0.4, 0.5) is 25.0 Å². The number of carbonyl (C=O) groups is 2. The highest BCUT2D eigenvalue weighted by Gasteiger charge is 2.43. The molecular formula is C26H22ClF2N3O3. The highest BCUT2D eigenvalue weighted by Crippen LogP contribution is 2.43. The fraction of sp³-hybridized carbons (Fsp3) is 0.231. The van der Waals surface area contributed by atoms with Gasteiger partial charge in [0.2, 0.25) is 0 Å². The van der Waals surface area contributed by atoms with Crippen molar-refractivity contribution in [2.75, 3.05) is 16.8 Å². The van der Waals surface area contributed by atoms with Gasteiger partial charge >= 0.3 is 6.03 Å². The maximum Gasteiger partial charge on any atom is 0.326 e. The minimum atomic E-state index is -1.38. The Kier molecular flexibility index (Phi) is 5.73. The van der Waals surface area contributed by atoms with Crippen LogP contribution in [0, 0.1) is 11.6 Å². The lowest BCUT2D eigenvalue weighted by molar-refractivity contribution is 0.0443. The molecule has 0 unspecified atom stereocenters. The van der Waals surface area contributed by atoms with Crippen LogP contribution in [0.5, 0.6) is 0 Å². The standard InChI is InChI=1S/C26H22ClF2N3O3/c1-2-10-26(35)13-32(21-9-7-15(29)12-18(21)26)25(34)30-20-5-3-4-16-22(20)23(31-24(16)33)17-11-14(28)6-8-19(17)27/h3-9,11-12,23,35H,2,10,13H2,1H3,(H,30,34)(H,31,33)/t23-,26+/m0/s1. The van der Waals surface area contributed by atoms with Crippen LogP contribution >= 0.6 is 11.6 Å². The van der Waals surface area contributed by atoms with Crippen LogP contribution in [-0.4, -0.2) is 23.6 Å². The zero-order chi connectivity index (χ0) is 24.9. The van der Waals surface area contributed by atoms with E-state index >= 15 is 0 Å². The van der Waals surface area contributed by atoms with E-state index in [0.29, 0.717) is 46.5 Å². The third kappa shape index (κ3) is 3.92. The number of halogens is 3. The summed E-state index contributed by atoms with van der Waals surface area (Å²) in [4.78, 5) is 27.4. The van der Waals surface area contributed by atoms with Crippen LogP contribution in [0.2, 0.25) is 5.02 Å². The largest absolute Gasteiger partial charge is 0.383 e. The second-order valence-electron chi connectivity index (χ2n) is 8.80. The molecular weight excluding hydrogens is 476 g/mol. The average molecular weight is 498 g/mol. The summed E-state index contributed by atoms with van der Waals surface area (Å²) < 4.78 is 28.0. The van der Waals surface area contributed by atoms with Gasteiger partial charge < -0.3 is 15.7 Å². The number of fused-ring (bicyclic) bond motifs is 2. The lowest BCUT2D eigenvalue weighted by Crippen LogP contribution is -2.39. The van der Waals surface area contributed by atoms with Gasteiger partial charge in [-0.05, 0) is 55.0 Å². The van der Waals surface area contributed by atoms with Gasteiger partial charge in [0.1, 0.15) is 17.2 Å². The third-order valence-corrected chi connectivity index (χ3v) is 6.85. The number of aliphatic hydroxyl groups is 1. The van der Waals surface area contributed by atoms with E-state index in [9.17, 15) is 23.5 Å². The number of amides is 3. The van der Waals surface area contributed by atoms with Crippen LogP contribution in [0.15, 0.2) is 54.6 Å². The molecule has 2 aliphatic rings. The molecule has 3 amide bonds. The Hall–Kier alpha value is -3.49. The van der Waals surface area contributed by atoms with Crippen LogP contribution < -0.4 is 15.5 Å². The molecule has 3 aromatic rings. The molecule has 2 aliphatic heterocycles. The Morgan fingerprint density at radius 2 is 1.94 bits per heavy atom. The highest BCUT2D eigenvalue weighted by atomic mass is 35.5. The smallest absolute Gasteiger partial charge is 0.326 e. The minimum absolute atomic E-state index is 0.0448. The van der Waals surface area contributed by atoms with Gasteiger partial charge in [0.15, 0.2) is 0 Å². The number of carbonyl (C=O) groups excluding carboxylic acids is 2. The van der Waals surface area contributed by atoms with Crippen molar-refractivity contribution < 1.29 is 23.5 Å². The van der Waals surface area contributed by atoms with Crippen molar-refractivity contribution in [2.24, 2.45) is 0 Å². The molecule has 0 saturated carbocycles. The molecule has 3 N–H and O–H groups in total. The van der Waals surface area contributed by atoms with Crippen molar-refractivity contribution in [3.8, 4) is 0 Å². The lowest BCUT2D eigenvalue weighted by Gasteiger charge is -2.24. The Morgan fingerprint density at radius 1 is 1.20 bits per heavy atom. The normalized spacial score (nSPS) is 20.4. The molecule has 35 heavy (non-hydrogen) atoms. The van der Waals surface area contributed by atoms with E-state index in [1.807, 2.05) is 6.92 Å². The number of hydrogen-bond donors (Lipinski definition) is 3. The van der Waals surface area contributed by atoms with Crippen molar-refractivity contribution in [3.63, 3.8) is 0 Å². The maximum absolute atomic E-state index is 14.0. The van der Waals surface area contributed by atoms with Crippen molar-refractivity contribution in [3.05, 3.63) is 93.5 Å². The van der Waals surface area contributed by atoms with Crippen molar-refractivity contribution in [2.45, 2.75) is 31.4 Å². The van der Waals surface area contributed by atoms with E-state index in [4.69, 9.17) is 11.6 Å². The Labute approximate surface area is 205 Å². The molecule has 6 nitrogen and oxygen atoms in total. The molecule has 2 atom stereocenters. The summed E-state index contributed by atoms with van der Waals surface area (Å²) in [6, 6.07) is 11.4. The molecule has 9 heteroatoms. The van der Waals surface area contributed by atoms with E-state index in [0.717, 1.165) is 0 Å². The quantitative estimate of drug-likeness (QED) is 0.446. The number of benzene rings is 3. The molecule has 0 fully saturated rings. The molecule has 0 bridgehead atoms. The first-order valence-electron chi connectivity index (χ1n) is 11.2. The first-order valence-corrected chi connectivity index (χ1v) is 11.6. The number of nitrogens with one attached hydrogen (secondary N) is 2. The van der Waals surface area contributed by atoms with Crippen LogP contribution in [0.25, 0.3) is 0 Å². The Morgan fingerprint density at radius 3 is 2.71 bits per heavy atom. The summed E-state index contributed by atoms with van der Waals surface area (Å²) in [5, 5.41) is 17.1. The van der Waals surface area contributed by atoms with E-state index in [1.165, 1.54) is 41.3 Å². The molecule has 5 rings (SSSR count). The number of nitrogens with zero attached hydrogens (tertiary/aromatic N) is 1. The fourth-order valence-electron chi connectivity index (χ4n) is 4.97. The predicted molar refractivity (Wildman–Crippen MR) is 129 cm³/mol. The van der Waals surface area contributed by atoms with Gasteiger partial charge in [0.25, 0.3) is 5.91 Å². The molecule has 0 radical (unpaired) electrons. The Bertz CT molecular complexity index is 1370. The highest BCUT2D eigenvalue weighted by molar-refractivity contribution is 6.31. The molecule has 0 aliphatic carbocycles. The zero-order valence-corrected chi connectivity index (χ0v) is 19.5. The summed E-state index contributed by atoms with van der Waals surface area (Å²) in [7, 11) is 0. The summed E-state index contributed by atoms with van der Waals surface area (Å²) in [6.07, 6.45) is 0.991. The van der Waals surface area contributed by atoms with Gasteiger partial charge in [-0.1, -0.05) is 31.0 Å². The van der Waals surface area contributed by atoms with Gasteiger partial charge in [-0.15, -0.1) is 0 Å². The number of anilines is 2. The topological polar surface area (TPSA) is 81.7 Å². The van der Waals surface area contributed by atoms with Crippen molar-refractivity contribution >= 4 is 34.9 Å². The van der Waals surface area contributed by atoms with E-state index in [-0.39, 0.29) is 17.5 Å². The van der Waals surface area contributed by atoms with Gasteiger partial charge in [-0.3, -0.25) is 9.69 Å².